The van der Waals surface area contributed by atoms with E-state index in [9.17, 15) is 4.39 Å². The molecule has 1 aromatic heterocycles. The van der Waals surface area contributed by atoms with E-state index in [4.69, 9.17) is 9.84 Å². The molecule has 2 aliphatic heterocycles. The average molecular weight is 458 g/mol. The summed E-state index contributed by atoms with van der Waals surface area (Å²) in [4.78, 5) is 2.48. The lowest BCUT2D eigenvalue weighted by atomic mass is 9.66. The van der Waals surface area contributed by atoms with E-state index in [0.717, 1.165) is 68.5 Å². The Morgan fingerprint density at radius 3 is 2.52 bits per heavy atom. The summed E-state index contributed by atoms with van der Waals surface area (Å²) < 4.78 is 21.2. The largest absolute Gasteiger partial charge is 0.379 e. The Hall–Kier alpha value is -1.96. The van der Waals surface area contributed by atoms with Crippen molar-refractivity contribution in [1.29, 1.82) is 0 Å². The van der Waals surface area contributed by atoms with Gasteiger partial charge in [0.15, 0.2) is 0 Å². The summed E-state index contributed by atoms with van der Waals surface area (Å²) in [6, 6.07) is 6.74. The smallest absolute Gasteiger partial charge is 0.134 e. The van der Waals surface area contributed by atoms with Gasteiger partial charge in [0, 0.05) is 30.1 Å². The minimum Gasteiger partial charge on any atom is -0.379 e. The maximum absolute atomic E-state index is 13.6. The van der Waals surface area contributed by atoms with E-state index in [1.54, 1.807) is 0 Å². The fraction of sp³-hybridized carbons (Fsp3) is 0.654. The third-order valence-corrected chi connectivity index (χ3v) is 7.91. The van der Waals surface area contributed by atoms with Crippen molar-refractivity contribution in [2.45, 2.75) is 59.7 Å². The second-order valence-electron chi connectivity index (χ2n) is 10.8. The van der Waals surface area contributed by atoms with Crippen LogP contribution in [0, 0.1) is 24.1 Å². The van der Waals surface area contributed by atoms with Gasteiger partial charge in [-0.3, -0.25) is 10.2 Å². The van der Waals surface area contributed by atoms with Crippen molar-refractivity contribution >= 4 is 5.82 Å². The number of hydrogen-bond acceptors (Lipinski definition) is 5. The van der Waals surface area contributed by atoms with Crippen LogP contribution in [0.2, 0.25) is 0 Å². The first-order valence-electron chi connectivity index (χ1n) is 12.3. The average Bonchev–Trinajstić information content (AvgIpc) is 3.09. The molecule has 33 heavy (non-hydrogen) atoms. The molecule has 1 aromatic carbocycles. The Bertz CT molecular complexity index is 945. The lowest BCUT2D eigenvalue weighted by molar-refractivity contribution is 0.0366. The van der Waals surface area contributed by atoms with Crippen molar-refractivity contribution in [3.63, 3.8) is 0 Å². The van der Waals surface area contributed by atoms with Gasteiger partial charge in [0.25, 0.3) is 0 Å². The van der Waals surface area contributed by atoms with Crippen LogP contribution in [0.25, 0.3) is 11.1 Å². The number of benzene rings is 1. The van der Waals surface area contributed by atoms with Gasteiger partial charge in [0.05, 0.1) is 18.9 Å². The van der Waals surface area contributed by atoms with Crippen molar-refractivity contribution in [2.75, 3.05) is 44.7 Å². The van der Waals surface area contributed by atoms with E-state index in [-0.39, 0.29) is 22.9 Å². The van der Waals surface area contributed by atoms with Gasteiger partial charge in [-0.25, -0.2) is 9.07 Å². The number of nitrogens with one attached hydrogen (secondary N) is 2. The van der Waals surface area contributed by atoms with Crippen LogP contribution in [0.5, 0.6) is 0 Å². The number of nitrogens with zero attached hydrogens (tertiary/aromatic N) is 3. The van der Waals surface area contributed by atoms with Gasteiger partial charge in [0.1, 0.15) is 17.8 Å². The topological polar surface area (TPSA) is 54.4 Å². The van der Waals surface area contributed by atoms with Crippen LogP contribution in [-0.4, -0.2) is 59.6 Å². The number of ether oxygens (including phenoxy) is 1. The maximum Gasteiger partial charge on any atom is 0.134 e. The van der Waals surface area contributed by atoms with Gasteiger partial charge in [-0.2, -0.15) is 5.10 Å². The first-order valence-corrected chi connectivity index (χ1v) is 12.3. The highest BCUT2D eigenvalue weighted by Gasteiger charge is 2.50. The second kappa shape index (κ2) is 9.35. The highest BCUT2D eigenvalue weighted by molar-refractivity contribution is 5.79. The zero-order valence-corrected chi connectivity index (χ0v) is 21.0. The predicted octanol–water partition coefficient (Wildman–Crippen LogP) is 4.67. The van der Waals surface area contributed by atoms with Gasteiger partial charge in [-0.05, 0) is 56.5 Å². The second-order valence-corrected chi connectivity index (χ2v) is 10.8. The number of hydrogen-bond donors (Lipinski definition) is 2. The first-order chi connectivity index (χ1) is 15.6. The minimum absolute atomic E-state index is 0.0175. The SMILES string of the molecule is Cc1nn2c(c1-c1ccc(F)cc1)NC(C)(C(C)(C)C)C(C)C2NCCCN1CCOCC1. The molecule has 7 heteroatoms. The predicted molar refractivity (Wildman–Crippen MR) is 132 cm³/mol. The molecular weight excluding hydrogens is 417 g/mol. The van der Waals surface area contributed by atoms with E-state index < -0.39 is 0 Å². The summed E-state index contributed by atoms with van der Waals surface area (Å²) in [6.07, 6.45) is 1.16. The molecule has 0 aliphatic carbocycles. The van der Waals surface area contributed by atoms with Crippen molar-refractivity contribution < 1.29 is 9.13 Å². The molecule has 0 radical (unpaired) electrons. The summed E-state index contributed by atoms with van der Waals surface area (Å²) in [5.74, 6) is 1.09. The van der Waals surface area contributed by atoms with E-state index >= 15 is 0 Å². The first kappa shape index (κ1) is 24.2. The van der Waals surface area contributed by atoms with E-state index in [2.05, 4.69) is 54.8 Å². The van der Waals surface area contributed by atoms with Gasteiger partial charge in [0.2, 0.25) is 0 Å². The monoisotopic (exact) mass is 457 g/mol. The lowest BCUT2D eigenvalue weighted by Gasteiger charge is -2.53. The molecule has 3 heterocycles. The molecule has 0 saturated carbocycles. The molecule has 2 N–H and O–H groups in total. The zero-order valence-electron chi connectivity index (χ0n) is 21.0. The van der Waals surface area contributed by atoms with Crippen LogP contribution >= 0.6 is 0 Å². The number of morpholine rings is 1. The van der Waals surface area contributed by atoms with E-state index in [1.807, 2.05) is 19.1 Å². The summed E-state index contributed by atoms with van der Waals surface area (Å²) >= 11 is 0. The van der Waals surface area contributed by atoms with Crippen LogP contribution in [0.15, 0.2) is 24.3 Å². The Morgan fingerprint density at radius 1 is 1.21 bits per heavy atom. The Balaban J connectivity index is 1.62. The van der Waals surface area contributed by atoms with E-state index in [1.165, 1.54) is 12.1 Å². The van der Waals surface area contributed by atoms with Gasteiger partial charge >= 0.3 is 0 Å². The molecule has 0 amide bonds. The molecule has 0 bridgehead atoms. The maximum atomic E-state index is 13.6. The summed E-state index contributed by atoms with van der Waals surface area (Å²) in [6.45, 7) is 19.3. The van der Waals surface area contributed by atoms with Crippen LogP contribution in [0.4, 0.5) is 10.2 Å². The molecule has 3 atom stereocenters. The quantitative estimate of drug-likeness (QED) is 0.617. The van der Waals surface area contributed by atoms with Crippen molar-refractivity contribution in [2.24, 2.45) is 11.3 Å². The fourth-order valence-electron chi connectivity index (χ4n) is 5.23. The highest BCUT2D eigenvalue weighted by Crippen LogP contribution is 2.49. The highest BCUT2D eigenvalue weighted by atomic mass is 19.1. The molecule has 6 nitrogen and oxygen atoms in total. The fourth-order valence-corrected chi connectivity index (χ4v) is 5.23. The molecule has 3 unspecified atom stereocenters. The molecule has 1 fully saturated rings. The number of fused-ring (bicyclic) bond motifs is 1. The van der Waals surface area contributed by atoms with Gasteiger partial charge in [-0.1, -0.05) is 39.8 Å². The summed E-state index contributed by atoms with van der Waals surface area (Å²) in [5.41, 5.74) is 2.85. The third kappa shape index (κ3) is 4.68. The minimum atomic E-state index is -0.224. The van der Waals surface area contributed by atoms with Crippen LogP contribution in [0.3, 0.4) is 0 Å². The Labute approximate surface area is 197 Å². The number of aromatic nitrogens is 2. The summed E-state index contributed by atoms with van der Waals surface area (Å²) in [5, 5.41) is 12.7. The van der Waals surface area contributed by atoms with Gasteiger partial charge < -0.3 is 10.1 Å². The third-order valence-electron chi connectivity index (χ3n) is 7.91. The number of halogens is 1. The van der Waals surface area contributed by atoms with Crippen molar-refractivity contribution in [3.05, 3.63) is 35.8 Å². The summed E-state index contributed by atoms with van der Waals surface area (Å²) in [7, 11) is 0. The van der Waals surface area contributed by atoms with Crippen LogP contribution in [-0.2, 0) is 4.74 Å². The van der Waals surface area contributed by atoms with Crippen LogP contribution in [0.1, 0.15) is 52.9 Å². The molecule has 2 aromatic rings. The number of rotatable bonds is 6. The molecule has 182 valence electrons. The van der Waals surface area contributed by atoms with Crippen molar-refractivity contribution in [3.8, 4) is 11.1 Å². The standard InChI is InChI=1S/C26H40FN5O/c1-18-23(28-12-7-13-31-14-16-33-17-15-31)32-24(29-26(18,6)25(3,4)5)22(19(2)30-32)20-8-10-21(27)11-9-20/h8-11,18,23,28-29H,7,12-17H2,1-6H3. The molecule has 0 spiro atoms. The molecule has 4 rings (SSSR count). The lowest BCUT2D eigenvalue weighted by Crippen LogP contribution is -2.60. The van der Waals surface area contributed by atoms with E-state index in [0.29, 0.717) is 5.92 Å². The number of anilines is 1. The zero-order chi connectivity index (χ0) is 23.8. The molecule has 1 saturated heterocycles. The number of aryl methyl sites for hydroxylation is 1. The molecule has 2 aliphatic rings. The van der Waals surface area contributed by atoms with Crippen LogP contribution < -0.4 is 10.6 Å². The Kier molecular flexibility index (Phi) is 6.85. The van der Waals surface area contributed by atoms with Crippen molar-refractivity contribution in [1.82, 2.24) is 20.0 Å². The molecular formula is C26H40FN5O. The normalized spacial score (nSPS) is 26.2. The Morgan fingerprint density at radius 2 is 1.88 bits per heavy atom. The van der Waals surface area contributed by atoms with Gasteiger partial charge in [-0.15, -0.1) is 0 Å².